The first-order valence-corrected chi connectivity index (χ1v) is 8.86. The number of urea groups is 1. The van der Waals surface area contributed by atoms with Crippen molar-refractivity contribution >= 4 is 6.03 Å². The summed E-state index contributed by atoms with van der Waals surface area (Å²) in [6.07, 6.45) is 1.83. The van der Waals surface area contributed by atoms with Gasteiger partial charge in [0.2, 0.25) is 0 Å². The van der Waals surface area contributed by atoms with Crippen molar-refractivity contribution in [3.05, 3.63) is 65.5 Å². The van der Waals surface area contributed by atoms with Gasteiger partial charge in [-0.15, -0.1) is 0 Å². The Morgan fingerprint density at radius 2 is 1.84 bits per heavy atom. The number of carbonyl (C=O) groups excluding carboxylic acids is 1. The van der Waals surface area contributed by atoms with Gasteiger partial charge in [-0.25, -0.2) is 4.79 Å². The molecule has 0 aliphatic carbocycles. The summed E-state index contributed by atoms with van der Waals surface area (Å²) in [6, 6.07) is 14.2. The molecule has 1 saturated heterocycles. The molecule has 1 atom stereocenters. The zero-order valence-corrected chi connectivity index (χ0v) is 15.0. The highest BCUT2D eigenvalue weighted by Gasteiger charge is 2.22. The lowest BCUT2D eigenvalue weighted by Gasteiger charge is -2.35. The molecule has 2 aromatic rings. The molecule has 25 heavy (non-hydrogen) atoms. The molecule has 0 unspecified atom stereocenters. The second-order valence-corrected chi connectivity index (χ2v) is 6.61. The van der Waals surface area contributed by atoms with Crippen LogP contribution in [0.15, 0.2) is 48.7 Å². The number of nitrogens with zero attached hydrogens (tertiary/aromatic N) is 3. The van der Waals surface area contributed by atoms with Gasteiger partial charge >= 0.3 is 6.03 Å². The van der Waals surface area contributed by atoms with E-state index in [1.165, 1.54) is 11.1 Å². The normalized spacial score (nSPS) is 16.5. The fourth-order valence-electron chi connectivity index (χ4n) is 3.26. The van der Waals surface area contributed by atoms with Gasteiger partial charge in [0.05, 0.1) is 11.7 Å². The Bertz CT molecular complexity index is 696. The lowest BCUT2D eigenvalue weighted by molar-refractivity contribution is 0.133. The number of carbonyl (C=O) groups is 1. The fourth-order valence-corrected chi connectivity index (χ4v) is 3.26. The first-order valence-electron chi connectivity index (χ1n) is 8.86. The number of aromatic nitrogens is 1. The quantitative estimate of drug-likeness (QED) is 0.932. The second-order valence-electron chi connectivity index (χ2n) is 6.61. The van der Waals surface area contributed by atoms with E-state index in [1.54, 1.807) is 0 Å². The molecule has 0 spiro atoms. The molecule has 5 heteroatoms. The fraction of sp³-hybridized carbons (Fsp3) is 0.400. The molecule has 1 aliphatic rings. The van der Waals surface area contributed by atoms with Gasteiger partial charge in [-0.05, 0) is 37.1 Å². The number of hydrogen-bond donors (Lipinski definition) is 1. The SMILES string of the molecule is Cc1ccccc1[C@@H](C)NC(=O)N1CCN(Cc2ccccn2)CC1. The summed E-state index contributed by atoms with van der Waals surface area (Å²) in [7, 11) is 0. The molecule has 132 valence electrons. The molecule has 1 N–H and O–H groups in total. The van der Waals surface area contributed by atoms with Crippen LogP contribution in [-0.2, 0) is 6.54 Å². The van der Waals surface area contributed by atoms with Crippen LogP contribution in [0.3, 0.4) is 0 Å². The van der Waals surface area contributed by atoms with Crippen molar-refractivity contribution in [2.24, 2.45) is 0 Å². The highest BCUT2D eigenvalue weighted by Crippen LogP contribution is 2.17. The van der Waals surface area contributed by atoms with Crippen molar-refractivity contribution in [2.45, 2.75) is 26.4 Å². The van der Waals surface area contributed by atoms with Crippen molar-refractivity contribution in [3.63, 3.8) is 0 Å². The van der Waals surface area contributed by atoms with E-state index in [4.69, 9.17) is 0 Å². The molecule has 1 aromatic heterocycles. The van der Waals surface area contributed by atoms with E-state index in [1.807, 2.05) is 48.4 Å². The van der Waals surface area contributed by atoms with E-state index < -0.39 is 0 Å². The molecule has 2 heterocycles. The van der Waals surface area contributed by atoms with Gasteiger partial charge in [0.15, 0.2) is 0 Å². The zero-order chi connectivity index (χ0) is 17.6. The molecule has 0 radical (unpaired) electrons. The minimum absolute atomic E-state index is 0.0141. The van der Waals surface area contributed by atoms with Gasteiger partial charge in [0, 0.05) is 38.9 Å². The van der Waals surface area contributed by atoms with E-state index in [9.17, 15) is 4.79 Å². The highest BCUT2D eigenvalue weighted by molar-refractivity contribution is 5.74. The molecule has 0 saturated carbocycles. The number of aryl methyl sites for hydroxylation is 1. The third-order valence-electron chi connectivity index (χ3n) is 4.77. The monoisotopic (exact) mass is 338 g/mol. The van der Waals surface area contributed by atoms with E-state index in [0.29, 0.717) is 0 Å². The van der Waals surface area contributed by atoms with Crippen molar-refractivity contribution in [1.29, 1.82) is 0 Å². The topological polar surface area (TPSA) is 48.5 Å². The molecule has 1 aromatic carbocycles. The van der Waals surface area contributed by atoms with Gasteiger partial charge in [-0.3, -0.25) is 9.88 Å². The highest BCUT2D eigenvalue weighted by atomic mass is 16.2. The molecule has 1 aliphatic heterocycles. The minimum atomic E-state index is 0.0141. The number of rotatable bonds is 4. The van der Waals surface area contributed by atoms with Crippen LogP contribution in [0.2, 0.25) is 0 Å². The maximum atomic E-state index is 12.5. The van der Waals surface area contributed by atoms with Gasteiger partial charge in [0.25, 0.3) is 0 Å². The first kappa shape index (κ1) is 17.4. The number of nitrogens with one attached hydrogen (secondary N) is 1. The van der Waals surface area contributed by atoms with Crippen LogP contribution in [0.1, 0.15) is 29.8 Å². The third-order valence-corrected chi connectivity index (χ3v) is 4.77. The van der Waals surface area contributed by atoms with E-state index in [2.05, 4.69) is 34.3 Å². The van der Waals surface area contributed by atoms with Crippen LogP contribution in [-0.4, -0.2) is 47.0 Å². The summed E-state index contributed by atoms with van der Waals surface area (Å²) in [4.78, 5) is 21.2. The van der Waals surface area contributed by atoms with Crippen molar-refractivity contribution in [1.82, 2.24) is 20.1 Å². The number of amides is 2. The number of benzene rings is 1. The molecular formula is C20H26N4O. The number of piperazine rings is 1. The Balaban J connectivity index is 1.49. The number of hydrogen-bond acceptors (Lipinski definition) is 3. The third kappa shape index (κ3) is 4.57. The summed E-state index contributed by atoms with van der Waals surface area (Å²) in [5.74, 6) is 0. The average Bonchev–Trinajstić information content (AvgIpc) is 2.63. The molecule has 3 rings (SSSR count). The lowest BCUT2D eigenvalue weighted by atomic mass is 10.0. The van der Waals surface area contributed by atoms with Crippen LogP contribution in [0, 0.1) is 6.92 Å². The first-order chi connectivity index (χ1) is 12.1. The Labute approximate surface area is 149 Å². The molecule has 1 fully saturated rings. The van der Waals surface area contributed by atoms with Crippen LogP contribution >= 0.6 is 0 Å². The Morgan fingerprint density at radius 1 is 1.12 bits per heavy atom. The molecular weight excluding hydrogens is 312 g/mol. The molecule has 5 nitrogen and oxygen atoms in total. The summed E-state index contributed by atoms with van der Waals surface area (Å²) in [6.45, 7) is 8.21. The summed E-state index contributed by atoms with van der Waals surface area (Å²) < 4.78 is 0. The number of pyridine rings is 1. The van der Waals surface area contributed by atoms with E-state index in [0.717, 1.165) is 38.4 Å². The second kappa shape index (κ2) is 8.12. The van der Waals surface area contributed by atoms with Gasteiger partial charge in [-0.1, -0.05) is 30.3 Å². The van der Waals surface area contributed by atoms with Crippen molar-refractivity contribution in [2.75, 3.05) is 26.2 Å². The van der Waals surface area contributed by atoms with E-state index >= 15 is 0 Å². The van der Waals surface area contributed by atoms with E-state index in [-0.39, 0.29) is 12.1 Å². The molecule has 0 bridgehead atoms. The predicted octanol–water partition coefficient (Wildman–Crippen LogP) is 2.98. The van der Waals surface area contributed by atoms with Crippen LogP contribution in [0.5, 0.6) is 0 Å². The largest absolute Gasteiger partial charge is 0.331 e. The Morgan fingerprint density at radius 3 is 2.52 bits per heavy atom. The van der Waals surface area contributed by atoms with Crippen LogP contribution in [0.25, 0.3) is 0 Å². The Hall–Kier alpha value is -2.40. The van der Waals surface area contributed by atoms with Gasteiger partial charge in [-0.2, -0.15) is 0 Å². The maximum Gasteiger partial charge on any atom is 0.317 e. The standard InChI is InChI=1S/C20H26N4O/c1-16-7-3-4-9-19(16)17(2)22-20(25)24-13-11-23(12-14-24)15-18-8-5-6-10-21-18/h3-10,17H,11-15H2,1-2H3,(H,22,25)/t17-/m1/s1. The summed E-state index contributed by atoms with van der Waals surface area (Å²) >= 11 is 0. The van der Waals surface area contributed by atoms with Crippen molar-refractivity contribution in [3.8, 4) is 0 Å². The Kier molecular flexibility index (Phi) is 5.66. The van der Waals surface area contributed by atoms with Crippen LogP contribution < -0.4 is 5.32 Å². The summed E-state index contributed by atoms with van der Waals surface area (Å²) in [5.41, 5.74) is 3.45. The van der Waals surface area contributed by atoms with Gasteiger partial charge in [0.1, 0.15) is 0 Å². The molecule has 2 amide bonds. The zero-order valence-electron chi connectivity index (χ0n) is 15.0. The predicted molar refractivity (Wildman–Crippen MR) is 99.2 cm³/mol. The summed E-state index contributed by atoms with van der Waals surface area (Å²) in [5, 5.41) is 3.13. The minimum Gasteiger partial charge on any atom is -0.331 e. The smallest absolute Gasteiger partial charge is 0.317 e. The van der Waals surface area contributed by atoms with Crippen LogP contribution in [0.4, 0.5) is 4.79 Å². The van der Waals surface area contributed by atoms with Gasteiger partial charge < -0.3 is 10.2 Å². The lowest BCUT2D eigenvalue weighted by Crippen LogP contribution is -2.51. The average molecular weight is 338 g/mol. The van der Waals surface area contributed by atoms with Crippen molar-refractivity contribution < 1.29 is 4.79 Å². The maximum absolute atomic E-state index is 12.5.